The number of benzene rings is 2. The van der Waals surface area contributed by atoms with Crippen molar-refractivity contribution in [2.75, 3.05) is 0 Å². The molecular formula is C23H19F5N2. The molecule has 0 aliphatic heterocycles. The molecule has 156 valence electrons. The van der Waals surface area contributed by atoms with Crippen LogP contribution >= 0.6 is 0 Å². The predicted octanol–water partition coefficient (Wildman–Crippen LogP) is 7.01. The third-order valence-corrected chi connectivity index (χ3v) is 4.52. The monoisotopic (exact) mass is 418 g/mol. The molecule has 0 atom stereocenters. The number of nitrogens with zero attached hydrogens (tertiary/aromatic N) is 2. The molecule has 7 heteroatoms. The molecule has 2 aromatic carbocycles. The summed E-state index contributed by atoms with van der Waals surface area (Å²) in [4.78, 5) is 8.71. The molecule has 0 unspecified atom stereocenters. The maximum Gasteiger partial charge on any atom is 0.409 e. The number of unbranched alkanes of at least 4 members (excludes halogenated alkanes) is 1. The van der Waals surface area contributed by atoms with Gasteiger partial charge in [0.2, 0.25) is 0 Å². The molecule has 0 fully saturated rings. The van der Waals surface area contributed by atoms with Crippen LogP contribution in [0.15, 0.2) is 54.9 Å². The number of alkyl halides is 3. The fraction of sp³-hybridized carbons (Fsp3) is 0.217. The van der Waals surface area contributed by atoms with Crippen LogP contribution in [-0.2, 0) is 6.42 Å². The fourth-order valence-electron chi connectivity index (χ4n) is 2.91. The van der Waals surface area contributed by atoms with Crippen molar-refractivity contribution in [1.29, 1.82) is 0 Å². The normalized spacial score (nSPS) is 11.9. The third kappa shape index (κ3) is 5.49. The summed E-state index contributed by atoms with van der Waals surface area (Å²) in [5.41, 5.74) is 1.80. The number of aromatic nitrogens is 2. The standard InChI is InChI=1S/C23H19F5N2/c1-2-3-4-15-13-29-22(30-14-15)17-7-5-16(6-8-17)18-11-20(24)19(21(25)12-18)9-10-23(26,27)28/h5-14H,2-4H2,1H3. The molecule has 30 heavy (non-hydrogen) atoms. The van der Waals surface area contributed by atoms with E-state index in [0.717, 1.165) is 42.5 Å². The van der Waals surface area contributed by atoms with E-state index in [1.807, 2.05) is 0 Å². The van der Waals surface area contributed by atoms with Crippen LogP contribution in [0, 0.1) is 11.6 Å². The van der Waals surface area contributed by atoms with Crippen LogP contribution < -0.4 is 0 Å². The molecule has 0 aliphatic carbocycles. The molecule has 1 aromatic heterocycles. The summed E-state index contributed by atoms with van der Waals surface area (Å²) in [7, 11) is 0. The Morgan fingerprint density at radius 1 is 0.867 bits per heavy atom. The molecule has 2 nitrogen and oxygen atoms in total. The van der Waals surface area contributed by atoms with Crippen LogP contribution in [0.4, 0.5) is 22.0 Å². The third-order valence-electron chi connectivity index (χ3n) is 4.52. The first-order chi connectivity index (χ1) is 14.3. The summed E-state index contributed by atoms with van der Waals surface area (Å²) in [5, 5.41) is 0. The SMILES string of the molecule is CCCCc1cnc(-c2ccc(-c3cc(F)c(C=CC(F)(F)F)c(F)c3)cc2)nc1. The van der Waals surface area contributed by atoms with Crippen LogP contribution in [0.5, 0.6) is 0 Å². The summed E-state index contributed by atoms with van der Waals surface area (Å²) in [6.45, 7) is 2.11. The van der Waals surface area contributed by atoms with E-state index >= 15 is 0 Å². The molecule has 0 N–H and O–H groups in total. The molecule has 0 bridgehead atoms. The Morgan fingerprint density at radius 2 is 1.43 bits per heavy atom. The van der Waals surface area contributed by atoms with Gasteiger partial charge in [-0.1, -0.05) is 37.6 Å². The second kappa shape index (κ2) is 9.15. The lowest BCUT2D eigenvalue weighted by molar-refractivity contribution is -0.0790. The van der Waals surface area contributed by atoms with E-state index in [0.29, 0.717) is 17.5 Å². The van der Waals surface area contributed by atoms with Crippen LogP contribution in [0.1, 0.15) is 30.9 Å². The van der Waals surface area contributed by atoms with Crippen molar-refractivity contribution in [2.45, 2.75) is 32.4 Å². The number of aryl methyl sites for hydroxylation is 1. The van der Waals surface area contributed by atoms with E-state index in [1.54, 1.807) is 36.7 Å². The van der Waals surface area contributed by atoms with Gasteiger partial charge in [-0.05, 0) is 47.7 Å². The zero-order valence-corrected chi connectivity index (χ0v) is 16.2. The minimum Gasteiger partial charge on any atom is -0.236 e. The highest BCUT2D eigenvalue weighted by Gasteiger charge is 2.23. The zero-order valence-electron chi connectivity index (χ0n) is 16.2. The largest absolute Gasteiger partial charge is 0.409 e. The van der Waals surface area contributed by atoms with Crippen molar-refractivity contribution in [3.63, 3.8) is 0 Å². The molecule has 3 aromatic rings. The minimum absolute atomic E-state index is 0.198. The predicted molar refractivity (Wildman–Crippen MR) is 107 cm³/mol. The number of hydrogen-bond acceptors (Lipinski definition) is 2. The molecule has 0 saturated carbocycles. The Balaban J connectivity index is 1.81. The molecule has 0 amide bonds. The van der Waals surface area contributed by atoms with E-state index in [1.165, 1.54) is 0 Å². The van der Waals surface area contributed by atoms with Crippen molar-refractivity contribution >= 4 is 6.08 Å². The zero-order chi connectivity index (χ0) is 21.7. The van der Waals surface area contributed by atoms with Crippen molar-refractivity contribution in [3.8, 4) is 22.5 Å². The highest BCUT2D eigenvalue weighted by atomic mass is 19.4. The Hall–Kier alpha value is -3.09. The quantitative estimate of drug-likeness (QED) is 0.403. The van der Waals surface area contributed by atoms with Gasteiger partial charge in [0, 0.05) is 29.6 Å². The lowest BCUT2D eigenvalue weighted by Gasteiger charge is -2.08. The van der Waals surface area contributed by atoms with Gasteiger partial charge in [0.05, 0.1) is 0 Å². The van der Waals surface area contributed by atoms with E-state index in [-0.39, 0.29) is 11.6 Å². The molecule has 0 radical (unpaired) electrons. The van der Waals surface area contributed by atoms with Gasteiger partial charge in [0.1, 0.15) is 11.6 Å². The topological polar surface area (TPSA) is 25.8 Å². The van der Waals surface area contributed by atoms with Crippen molar-refractivity contribution in [2.24, 2.45) is 0 Å². The Bertz CT molecular complexity index is 1000. The summed E-state index contributed by atoms with van der Waals surface area (Å²) in [6.07, 6.45) is 2.17. The highest BCUT2D eigenvalue weighted by Crippen LogP contribution is 2.28. The van der Waals surface area contributed by atoms with Gasteiger partial charge in [-0.2, -0.15) is 13.2 Å². The van der Waals surface area contributed by atoms with Crippen LogP contribution in [0.3, 0.4) is 0 Å². The van der Waals surface area contributed by atoms with Crippen molar-refractivity contribution in [3.05, 3.63) is 77.6 Å². The van der Waals surface area contributed by atoms with Crippen LogP contribution in [-0.4, -0.2) is 16.1 Å². The van der Waals surface area contributed by atoms with Crippen LogP contribution in [0.25, 0.3) is 28.6 Å². The lowest BCUT2D eigenvalue weighted by atomic mass is 10.0. The lowest BCUT2D eigenvalue weighted by Crippen LogP contribution is -2.01. The van der Waals surface area contributed by atoms with Gasteiger partial charge in [0.25, 0.3) is 0 Å². The van der Waals surface area contributed by atoms with Gasteiger partial charge >= 0.3 is 6.18 Å². The second-order valence-corrected chi connectivity index (χ2v) is 6.82. The number of rotatable bonds is 6. The Labute approximate surface area is 171 Å². The first-order valence-corrected chi connectivity index (χ1v) is 9.43. The number of hydrogen-bond donors (Lipinski definition) is 0. The van der Waals surface area contributed by atoms with E-state index in [4.69, 9.17) is 0 Å². The maximum atomic E-state index is 14.2. The van der Waals surface area contributed by atoms with Crippen molar-refractivity contribution in [1.82, 2.24) is 9.97 Å². The van der Waals surface area contributed by atoms with E-state index < -0.39 is 23.4 Å². The molecule has 0 spiro atoms. The van der Waals surface area contributed by atoms with Gasteiger partial charge in [-0.15, -0.1) is 0 Å². The van der Waals surface area contributed by atoms with Crippen LogP contribution in [0.2, 0.25) is 0 Å². The summed E-state index contributed by atoms with van der Waals surface area (Å²) in [5.74, 6) is -1.60. The summed E-state index contributed by atoms with van der Waals surface area (Å²) in [6, 6.07) is 8.78. The number of allylic oxidation sites excluding steroid dienone is 1. The van der Waals surface area contributed by atoms with Gasteiger partial charge in [-0.25, -0.2) is 18.7 Å². The fourth-order valence-corrected chi connectivity index (χ4v) is 2.91. The van der Waals surface area contributed by atoms with Gasteiger partial charge < -0.3 is 0 Å². The minimum atomic E-state index is -4.65. The van der Waals surface area contributed by atoms with Crippen molar-refractivity contribution < 1.29 is 22.0 Å². The molecule has 0 aliphatic rings. The number of halogens is 5. The average molecular weight is 418 g/mol. The first kappa shape index (κ1) is 21.6. The maximum absolute atomic E-state index is 14.2. The molecular weight excluding hydrogens is 399 g/mol. The highest BCUT2D eigenvalue weighted by molar-refractivity contribution is 5.69. The molecule has 3 rings (SSSR count). The average Bonchev–Trinajstić information content (AvgIpc) is 2.71. The Morgan fingerprint density at radius 3 is 1.97 bits per heavy atom. The molecule has 0 saturated heterocycles. The van der Waals surface area contributed by atoms with E-state index in [9.17, 15) is 22.0 Å². The second-order valence-electron chi connectivity index (χ2n) is 6.82. The van der Waals surface area contributed by atoms with Gasteiger partial charge in [0.15, 0.2) is 5.82 Å². The van der Waals surface area contributed by atoms with Gasteiger partial charge in [-0.3, -0.25) is 0 Å². The first-order valence-electron chi connectivity index (χ1n) is 9.43. The summed E-state index contributed by atoms with van der Waals surface area (Å²) < 4.78 is 65.1. The smallest absolute Gasteiger partial charge is 0.236 e. The van der Waals surface area contributed by atoms with E-state index in [2.05, 4.69) is 16.9 Å². The molecule has 1 heterocycles. The Kier molecular flexibility index (Phi) is 6.59. The summed E-state index contributed by atoms with van der Waals surface area (Å²) >= 11 is 0.